The Bertz CT molecular complexity index is 2070. The molecule has 3 aliphatic heterocycles. The van der Waals surface area contributed by atoms with E-state index in [2.05, 4.69) is 0 Å². The number of aliphatic hydroxyl groups is 2. The second-order valence-corrected chi connectivity index (χ2v) is 17.4. The van der Waals surface area contributed by atoms with Gasteiger partial charge in [0.15, 0.2) is 11.9 Å². The Morgan fingerprint density at radius 2 is 1.71 bits per heavy atom. The molecule has 2 N–H and O–H groups in total. The molecule has 1 aromatic carbocycles. The van der Waals surface area contributed by atoms with E-state index in [1.807, 2.05) is 33.8 Å². The maximum atomic E-state index is 13.7. The highest BCUT2D eigenvalue weighted by Gasteiger charge is 2.47. The Morgan fingerprint density at radius 1 is 1.02 bits per heavy atom. The zero-order valence-corrected chi connectivity index (χ0v) is 33.5. The summed E-state index contributed by atoms with van der Waals surface area (Å²) in [5, 5.41) is 23.1. The highest BCUT2D eigenvalue weighted by atomic mass is 16.6. The van der Waals surface area contributed by atoms with Crippen LogP contribution >= 0.6 is 0 Å². The number of pyridine rings is 2. The van der Waals surface area contributed by atoms with Crippen molar-refractivity contribution in [2.24, 2.45) is 11.3 Å². The largest absolute Gasteiger partial charge is 0.459 e. The Morgan fingerprint density at radius 3 is 2.33 bits per heavy atom. The number of nitrogens with zero attached hydrogens (tertiary/aromatic N) is 3. The molecule has 0 aliphatic carbocycles. The summed E-state index contributed by atoms with van der Waals surface area (Å²) in [7, 11) is 0. The van der Waals surface area contributed by atoms with Crippen LogP contribution < -0.4 is 10.3 Å². The summed E-state index contributed by atoms with van der Waals surface area (Å²) < 4.78 is 24.3. The van der Waals surface area contributed by atoms with Crippen molar-refractivity contribution in [1.29, 1.82) is 0 Å². The molecule has 3 atom stereocenters. The average Bonchev–Trinajstić information content (AvgIpc) is 3.48. The third kappa shape index (κ3) is 7.75. The number of cyclic esters (lactones) is 1. The molecule has 0 radical (unpaired) electrons. The van der Waals surface area contributed by atoms with Gasteiger partial charge in [-0.2, -0.15) is 0 Å². The van der Waals surface area contributed by atoms with Crippen LogP contribution in [0.2, 0.25) is 0 Å². The average molecular weight is 762 g/mol. The number of benzene rings is 1. The van der Waals surface area contributed by atoms with Gasteiger partial charge in [0, 0.05) is 29.6 Å². The van der Waals surface area contributed by atoms with Gasteiger partial charge < -0.3 is 38.6 Å². The fourth-order valence-corrected chi connectivity index (χ4v) is 7.87. The number of amides is 1. The van der Waals surface area contributed by atoms with Crippen molar-refractivity contribution in [2.45, 2.75) is 137 Å². The SMILES string of the molecule is CCc1c2c(nc3ccc(OC(=O)N4CCC(CCC(C)(C(=O)OC(C)(C)C)C(O)OC(C)(C)C)CC4)cc13)-c1cc3c(c(=O)n1C2)COC(=O)C3(O)CC. The van der Waals surface area contributed by atoms with Gasteiger partial charge in [0.2, 0.25) is 0 Å². The number of ether oxygens (including phenoxy) is 4. The first-order chi connectivity index (χ1) is 25.7. The lowest BCUT2D eigenvalue weighted by Crippen LogP contribution is -2.48. The molecule has 1 amide bonds. The van der Waals surface area contributed by atoms with Crippen LogP contribution in [0.4, 0.5) is 4.79 Å². The van der Waals surface area contributed by atoms with Crippen molar-refractivity contribution in [1.82, 2.24) is 14.5 Å². The summed E-state index contributed by atoms with van der Waals surface area (Å²) in [6, 6.07) is 7.01. The number of carbonyl (C=O) groups excluding carboxylic acids is 3. The molecule has 13 nitrogen and oxygen atoms in total. The van der Waals surface area contributed by atoms with Crippen molar-refractivity contribution in [3.05, 3.63) is 56.9 Å². The number of aliphatic hydroxyl groups excluding tert-OH is 1. The third-order valence-corrected chi connectivity index (χ3v) is 11.2. The van der Waals surface area contributed by atoms with Crippen molar-refractivity contribution < 1.29 is 43.5 Å². The first kappa shape index (κ1) is 40.3. The summed E-state index contributed by atoms with van der Waals surface area (Å²) in [5.74, 6) is -0.670. The molecule has 0 bridgehead atoms. The van der Waals surface area contributed by atoms with E-state index in [4.69, 9.17) is 23.9 Å². The lowest BCUT2D eigenvalue weighted by molar-refractivity contribution is -0.234. The van der Waals surface area contributed by atoms with Crippen LogP contribution in [0.15, 0.2) is 29.1 Å². The maximum absolute atomic E-state index is 13.7. The standard InChI is InChI=1S/C42H55N3O10/c1-10-26-27-20-25(12-13-31(27)43-33-28(26)22-45-32(33)21-30-29(34(45)46)23-52-37(49)42(30,51)11-2)53-38(50)44-18-15-24(16-19-44)14-17-41(9,35(47)54-39(3,4)5)36(48)55-40(6,7)8/h12-13,20-21,24,35,47,51H,10-11,14-19,22-23H2,1-9H3. The van der Waals surface area contributed by atoms with E-state index in [1.165, 1.54) is 0 Å². The maximum Gasteiger partial charge on any atom is 0.415 e. The second-order valence-electron chi connectivity index (χ2n) is 17.4. The molecule has 5 heterocycles. The predicted octanol–water partition coefficient (Wildman–Crippen LogP) is 6.11. The predicted molar refractivity (Wildman–Crippen MR) is 204 cm³/mol. The van der Waals surface area contributed by atoms with E-state index in [0.29, 0.717) is 67.8 Å². The van der Waals surface area contributed by atoms with Crippen LogP contribution in [-0.2, 0) is 49.0 Å². The number of fused-ring (bicyclic) bond motifs is 5. The molecule has 1 fully saturated rings. The van der Waals surface area contributed by atoms with Crippen molar-refractivity contribution >= 4 is 28.9 Å². The van der Waals surface area contributed by atoms with Crippen LogP contribution in [0.25, 0.3) is 22.3 Å². The minimum Gasteiger partial charge on any atom is -0.459 e. The molecule has 13 heteroatoms. The number of aryl methyl sites for hydroxylation is 1. The number of aromatic nitrogens is 2. The smallest absolute Gasteiger partial charge is 0.415 e. The summed E-state index contributed by atoms with van der Waals surface area (Å²) in [6.45, 7) is 17.3. The molecule has 6 rings (SSSR count). The van der Waals surface area contributed by atoms with Gasteiger partial charge in [0.05, 0.1) is 34.6 Å². The van der Waals surface area contributed by atoms with Gasteiger partial charge in [-0.3, -0.25) is 9.59 Å². The van der Waals surface area contributed by atoms with Crippen molar-refractivity contribution in [3.63, 3.8) is 0 Å². The van der Waals surface area contributed by atoms with Crippen LogP contribution in [0.5, 0.6) is 5.75 Å². The van der Waals surface area contributed by atoms with Gasteiger partial charge in [0.25, 0.3) is 5.56 Å². The Kier molecular flexibility index (Phi) is 10.7. The molecular weight excluding hydrogens is 706 g/mol. The monoisotopic (exact) mass is 761 g/mol. The molecule has 3 unspecified atom stereocenters. The molecule has 0 spiro atoms. The minimum absolute atomic E-state index is 0.0630. The number of carbonyl (C=O) groups is 3. The van der Waals surface area contributed by atoms with Gasteiger partial charge in [-0.15, -0.1) is 0 Å². The number of likely N-dealkylation sites (tertiary alicyclic amines) is 1. The number of rotatable bonds is 9. The number of hydrogen-bond acceptors (Lipinski definition) is 11. The quantitative estimate of drug-likeness (QED) is 0.149. The highest BCUT2D eigenvalue weighted by Crippen LogP contribution is 2.41. The van der Waals surface area contributed by atoms with E-state index < -0.39 is 46.5 Å². The topological polar surface area (TPSA) is 167 Å². The van der Waals surface area contributed by atoms with Gasteiger partial charge in [-0.1, -0.05) is 13.8 Å². The summed E-state index contributed by atoms with van der Waals surface area (Å²) in [5.41, 5.74) is -0.682. The zero-order valence-electron chi connectivity index (χ0n) is 33.5. The normalized spacial score (nSPS) is 20.3. The molecular formula is C42H55N3O10. The van der Waals surface area contributed by atoms with E-state index in [0.717, 1.165) is 16.5 Å². The zero-order chi connectivity index (χ0) is 40.2. The lowest BCUT2D eigenvalue weighted by Gasteiger charge is -2.39. The fourth-order valence-electron chi connectivity index (χ4n) is 7.87. The van der Waals surface area contributed by atoms with Gasteiger partial charge in [-0.05, 0) is 123 Å². The second kappa shape index (κ2) is 14.6. The summed E-state index contributed by atoms with van der Waals surface area (Å²) in [4.78, 5) is 59.6. The van der Waals surface area contributed by atoms with E-state index in [9.17, 15) is 29.4 Å². The Hall–Kier alpha value is -4.33. The van der Waals surface area contributed by atoms with E-state index >= 15 is 0 Å². The van der Waals surface area contributed by atoms with Crippen LogP contribution in [-0.4, -0.2) is 73.3 Å². The first-order valence-electron chi connectivity index (χ1n) is 19.4. The van der Waals surface area contributed by atoms with E-state index in [-0.39, 0.29) is 42.2 Å². The molecule has 3 aliphatic rings. The summed E-state index contributed by atoms with van der Waals surface area (Å²) >= 11 is 0. The Balaban J connectivity index is 1.15. The van der Waals surface area contributed by atoms with Crippen LogP contribution in [0.1, 0.15) is 117 Å². The molecule has 55 heavy (non-hydrogen) atoms. The van der Waals surface area contributed by atoms with Crippen LogP contribution in [0.3, 0.4) is 0 Å². The molecule has 0 saturated carbocycles. The fraction of sp³-hybridized carbons (Fsp3) is 0.595. The molecule has 3 aromatic rings. The highest BCUT2D eigenvalue weighted by molar-refractivity contribution is 5.90. The number of esters is 2. The Labute approximate surface area is 321 Å². The van der Waals surface area contributed by atoms with Gasteiger partial charge in [0.1, 0.15) is 23.4 Å². The molecule has 1 saturated heterocycles. The molecule has 2 aromatic heterocycles. The van der Waals surface area contributed by atoms with Crippen molar-refractivity contribution in [3.8, 4) is 17.1 Å². The summed E-state index contributed by atoms with van der Waals surface area (Å²) in [6.07, 6.45) is 1.31. The third-order valence-electron chi connectivity index (χ3n) is 11.2. The number of piperidine rings is 1. The van der Waals surface area contributed by atoms with Crippen LogP contribution in [0, 0.1) is 11.3 Å². The lowest BCUT2D eigenvalue weighted by atomic mass is 9.79. The number of hydrogen-bond donors (Lipinski definition) is 2. The van der Waals surface area contributed by atoms with Crippen molar-refractivity contribution in [2.75, 3.05) is 13.1 Å². The van der Waals surface area contributed by atoms with E-state index in [1.54, 1.807) is 62.3 Å². The van der Waals surface area contributed by atoms with Gasteiger partial charge >= 0.3 is 18.0 Å². The minimum atomic E-state index is -1.91. The molecule has 298 valence electrons. The first-order valence-corrected chi connectivity index (χ1v) is 19.4. The van der Waals surface area contributed by atoms with Gasteiger partial charge in [-0.25, -0.2) is 14.6 Å².